The molecule has 23 heavy (non-hydrogen) atoms. The molecule has 0 aliphatic heterocycles. The Labute approximate surface area is 143 Å². The summed E-state index contributed by atoms with van der Waals surface area (Å²) in [5, 5.41) is 8.54. The van der Waals surface area contributed by atoms with E-state index >= 15 is 0 Å². The molecule has 1 heterocycles. The topological polar surface area (TPSA) is 41.1 Å². The van der Waals surface area contributed by atoms with Crippen LogP contribution in [0.2, 0.25) is 0 Å². The first kappa shape index (κ1) is 17.7. The second kappa shape index (κ2) is 7.75. The molecule has 0 bridgehead atoms. The maximum absolute atomic E-state index is 12.2. The van der Waals surface area contributed by atoms with Crippen LogP contribution >= 0.6 is 11.3 Å². The number of carbonyl (C=O) groups excluding carboxylic acids is 1. The van der Waals surface area contributed by atoms with E-state index in [1.165, 1.54) is 16.0 Å². The van der Waals surface area contributed by atoms with Crippen LogP contribution in [0.5, 0.6) is 0 Å². The third-order valence-electron chi connectivity index (χ3n) is 4.07. The van der Waals surface area contributed by atoms with E-state index in [0.29, 0.717) is 6.54 Å². The molecular formula is C19H26N2OS. The highest BCUT2D eigenvalue weighted by atomic mass is 32.1. The number of hydrogen-bond donors (Lipinski definition) is 2. The maximum atomic E-state index is 12.2. The summed E-state index contributed by atoms with van der Waals surface area (Å²) >= 11 is 1.71. The summed E-state index contributed by atoms with van der Waals surface area (Å²) in [5.74, 6) is 0.0329. The molecule has 0 unspecified atom stereocenters. The molecule has 1 atom stereocenters. The summed E-state index contributed by atoms with van der Waals surface area (Å²) in [6.07, 6.45) is 0.908. The van der Waals surface area contributed by atoms with E-state index in [2.05, 4.69) is 60.2 Å². The molecule has 0 spiro atoms. The first-order valence-corrected chi connectivity index (χ1v) is 8.93. The summed E-state index contributed by atoms with van der Waals surface area (Å²) < 4.78 is 0. The predicted molar refractivity (Wildman–Crippen MR) is 97.9 cm³/mol. The van der Waals surface area contributed by atoms with E-state index in [0.717, 1.165) is 6.42 Å². The van der Waals surface area contributed by atoms with Gasteiger partial charge in [-0.05, 0) is 44.2 Å². The van der Waals surface area contributed by atoms with Gasteiger partial charge in [0.1, 0.15) is 0 Å². The minimum Gasteiger partial charge on any atom is -0.350 e. The number of nitrogens with one attached hydrogen (secondary N) is 2. The largest absolute Gasteiger partial charge is 0.350 e. The van der Waals surface area contributed by atoms with Crippen LogP contribution in [0.4, 0.5) is 0 Å². The highest BCUT2D eigenvalue weighted by Gasteiger charge is 2.20. The fraction of sp³-hybridized carbons (Fsp3) is 0.421. The zero-order chi connectivity index (χ0) is 16.9. The van der Waals surface area contributed by atoms with Crippen molar-refractivity contribution in [1.29, 1.82) is 0 Å². The van der Waals surface area contributed by atoms with Crippen molar-refractivity contribution in [2.24, 2.45) is 0 Å². The van der Waals surface area contributed by atoms with Gasteiger partial charge in [-0.3, -0.25) is 10.1 Å². The molecule has 0 radical (unpaired) electrons. The van der Waals surface area contributed by atoms with E-state index in [1.807, 2.05) is 19.9 Å². The second-order valence-electron chi connectivity index (χ2n) is 6.53. The van der Waals surface area contributed by atoms with E-state index < -0.39 is 0 Å². The molecule has 1 amide bonds. The smallest absolute Gasteiger partial charge is 0.234 e. The van der Waals surface area contributed by atoms with Crippen molar-refractivity contribution >= 4 is 17.2 Å². The van der Waals surface area contributed by atoms with Crippen LogP contribution in [-0.2, 0) is 4.79 Å². The van der Waals surface area contributed by atoms with Gasteiger partial charge in [-0.1, -0.05) is 42.8 Å². The molecule has 0 aliphatic carbocycles. The Bertz CT molecular complexity index is 617. The fourth-order valence-corrected chi connectivity index (χ4v) is 3.13. The summed E-state index contributed by atoms with van der Waals surface area (Å²) in [6.45, 7) is 8.55. The Balaban J connectivity index is 2.07. The molecule has 2 aromatic rings. The summed E-state index contributed by atoms with van der Waals surface area (Å²) in [4.78, 5) is 13.4. The van der Waals surface area contributed by atoms with Gasteiger partial charge < -0.3 is 5.32 Å². The quantitative estimate of drug-likeness (QED) is 0.804. The third kappa shape index (κ3) is 5.19. The maximum Gasteiger partial charge on any atom is 0.234 e. The molecule has 124 valence electrons. The molecule has 4 heteroatoms. The number of benzene rings is 1. The standard InChI is InChI=1S/C19H26N2OS/c1-5-19(3,4)21-17(22)13-20-18(16-7-6-12-23-16)15-10-8-14(2)9-11-15/h6-12,18,20H,5,13H2,1-4H3,(H,21,22)/t18-/m1/s1. The number of hydrogen-bond acceptors (Lipinski definition) is 3. The van der Waals surface area contributed by atoms with Crippen LogP contribution in [0.3, 0.4) is 0 Å². The van der Waals surface area contributed by atoms with Crippen LogP contribution < -0.4 is 10.6 Å². The molecule has 0 saturated heterocycles. The van der Waals surface area contributed by atoms with Gasteiger partial charge >= 0.3 is 0 Å². The molecule has 1 aromatic heterocycles. The average Bonchev–Trinajstić information content (AvgIpc) is 3.03. The number of amides is 1. The first-order chi connectivity index (χ1) is 10.9. The molecule has 1 aromatic carbocycles. The normalized spacial score (nSPS) is 12.9. The number of carbonyl (C=O) groups is 1. The van der Waals surface area contributed by atoms with Gasteiger partial charge in [0.2, 0.25) is 5.91 Å². The van der Waals surface area contributed by atoms with Crippen molar-refractivity contribution in [2.75, 3.05) is 6.54 Å². The van der Waals surface area contributed by atoms with Crippen molar-refractivity contribution in [3.8, 4) is 0 Å². The number of thiophene rings is 1. The van der Waals surface area contributed by atoms with Crippen molar-refractivity contribution in [3.05, 3.63) is 57.8 Å². The van der Waals surface area contributed by atoms with Gasteiger partial charge in [-0.2, -0.15) is 0 Å². The second-order valence-corrected chi connectivity index (χ2v) is 7.50. The number of aryl methyl sites for hydroxylation is 1. The van der Waals surface area contributed by atoms with E-state index in [4.69, 9.17) is 0 Å². The first-order valence-electron chi connectivity index (χ1n) is 8.05. The Morgan fingerprint density at radius 3 is 2.48 bits per heavy atom. The molecule has 0 fully saturated rings. The van der Waals surface area contributed by atoms with Crippen LogP contribution in [0.25, 0.3) is 0 Å². The van der Waals surface area contributed by atoms with Gasteiger partial charge in [0, 0.05) is 10.4 Å². The van der Waals surface area contributed by atoms with Gasteiger partial charge in [-0.15, -0.1) is 11.3 Å². The highest BCUT2D eigenvalue weighted by Crippen LogP contribution is 2.26. The Hall–Kier alpha value is -1.65. The van der Waals surface area contributed by atoms with Crippen LogP contribution in [0, 0.1) is 6.92 Å². The van der Waals surface area contributed by atoms with Crippen LogP contribution in [0.1, 0.15) is 49.2 Å². The Morgan fingerprint density at radius 1 is 1.22 bits per heavy atom. The zero-order valence-electron chi connectivity index (χ0n) is 14.3. The van der Waals surface area contributed by atoms with Crippen molar-refractivity contribution in [1.82, 2.24) is 10.6 Å². The molecule has 2 N–H and O–H groups in total. The average molecular weight is 330 g/mol. The van der Waals surface area contributed by atoms with Gasteiger partial charge in [0.25, 0.3) is 0 Å². The van der Waals surface area contributed by atoms with Gasteiger partial charge in [0.05, 0.1) is 12.6 Å². The summed E-state index contributed by atoms with van der Waals surface area (Å²) in [7, 11) is 0. The fourth-order valence-electron chi connectivity index (χ4n) is 2.30. The zero-order valence-corrected chi connectivity index (χ0v) is 15.2. The highest BCUT2D eigenvalue weighted by molar-refractivity contribution is 7.10. The van der Waals surface area contributed by atoms with E-state index in [9.17, 15) is 4.79 Å². The summed E-state index contributed by atoms with van der Waals surface area (Å²) in [5.41, 5.74) is 2.25. The van der Waals surface area contributed by atoms with Crippen molar-refractivity contribution in [3.63, 3.8) is 0 Å². The minimum absolute atomic E-state index is 0.0329. The van der Waals surface area contributed by atoms with Gasteiger partial charge in [-0.25, -0.2) is 0 Å². The molecule has 0 saturated carbocycles. The Morgan fingerprint density at radius 2 is 1.91 bits per heavy atom. The van der Waals surface area contributed by atoms with Crippen molar-refractivity contribution in [2.45, 2.75) is 45.7 Å². The van der Waals surface area contributed by atoms with E-state index in [1.54, 1.807) is 11.3 Å². The minimum atomic E-state index is -0.166. The monoisotopic (exact) mass is 330 g/mol. The van der Waals surface area contributed by atoms with Crippen LogP contribution in [0.15, 0.2) is 41.8 Å². The van der Waals surface area contributed by atoms with E-state index in [-0.39, 0.29) is 17.5 Å². The molecule has 2 rings (SSSR count). The van der Waals surface area contributed by atoms with Crippen LogP contribution in [-0.4, -0.2) is 18.0 Å². The molecular weight excluding hydrogens is 304 g/mol. The Kier molecular flexibility index (Phi) is 5.97. The lowest BCUT2D eigenvalue weighted by Crippen LogP contribution is -2.46. The lowest BCUT2D eigenvalue weighted by molar-refractivity contribution is -0.121. The van der Waals surface area contributed by atoms with Gasteiger partial charge in [0.15, 0.2) is 0 Å². The molecule has 0 aliphatic rings. The molecule has 3 nitrogen and oxygen atoms in total. The lowest BCUT2D eigenvalue weighted by Gasteiger charge is -2.25. The lowest BCUT2D eigenvalue weighted by atomic mass is 10.0. The van der Waals surface area contributed by atoms with Crippen molar-refractivity contribution < 1.29 is 4.79 Å². The number of rotatable bonds is 7. The summed E-state index contributed by atoms with van der Waals surface area (Å²) in [6, 6.07) is 12.7. The third-order valence-corrected chi connectivity index (χ3v) is 5.00. The predicted octanol–water partition coefficient (Wildman–Crippen LogP) is 4.04. The SMILES string of the molecule is CCC(C)(C)NC(=O)CN[C@H](c1ccc(C)cc1)c1cccs1.